The maximum atomic E-state index is 13.5. The van der Waals surface area contributed by atoms with Gasteiger partial charge in [0, 0.05) is 37.4 Å². The number of esters is 1. The molecule has 0 N–H and O–H groups in total. The molecule has 0 saturated carbocycles. The van der Waals surface area contributed by atoms with Gasteiger partial charge in [-0.15, -0.1) is 0 Å². The Bertz CT molecular complexity index is 1560. The van der Waals surface area contributed by atoms with Crippen LogP contribution in [0, 0.1) is 0 Å². The molecule has 0 aliphatic carbocycles. The smallest absolute Gasteiger partial charge is 0.410 e. The van der Waals surface area contributed by atoms with Gasteiger partial charge in [-0.25, -0.2) is 14.6 Å². The summed E-state index contributed by atoms with van der Waals surface area (Å²) >= 11 is 13.0. The van der Waals surface area contributed by atoms with Crippen molar-refractivity contribution in [1.82, 2.24) is 14.5 Å². The van der Waals surface area contributed by atoms with Gasteiger partial charge >= 0.3 is 12.1 Å². The lowest BCUT2D eigenvalue weighted by atomic mass is 10.0. The number of hydrogen-bond donors (Lipinski definition) is 0. The third-order valence-electron chi connectivity index (χ3n) is 7.33. The van der Waals surface area contributed by atoms with Gasteiger partial charge in [-0.1, -0.05) is 23.2 Å². The minimum atomic E-state index is -0.702. The maximum Gasteiger partial charge on any atom is 0.410 e. The van der Waals surface area contributed by atoms with E-state index in [2.05, 4.69) is 9.88 Å². The van der Waals surface area contributed by atoms with Gasteiger partial charge in [-0.05, 0) is 64.8 Å². The highest BCUT2D eigenvalue weighted by Gasteiger charge is 2.36. The molecule has 1 atom stereocenters. The van der Waals surface area contributed by atoms with E-state index in [4.69, 9.17) is 37.4 Å². The molecule has 2 aliphatic heterocycles. The first-order chi connectivity index (χ1) is 20.0. The van der Waals surface area contributed by atoms with E-state index in [0.29, 0.717) is 46.5 Å². The van der Waals surface area contributed by atoms with Gasteiger partial charge in [0.15, 0.2) is 0 Å². The number of ether oxygens (including phenoxy) is 3. The van der Waals surface area contributed by atoms with E-state index >= 15 is 0 Å². The summed E-state index contributed by atoms with van der Waals surface area (Å²) in [6.07, 6.45) is 4.56. The zero-order valence-electron chi connectivity index (χ0n) is 24.1. The van der Waals surface area contributed by atoms with Gasteiger partial charge < -0.3 is 28.6 Å². The van der Waals surface area contributed by atoms with Crippen LogP contribution >= 0.6 is 23.2 Å². The highest BCUT2D eigenvalue weighted by Crippen LogP contribution is 2.37. The van der Waals surface area contributed by atoms with E-state index in [1.54, 1.807) is 36.2 Å². The zero-order chi connectivity index (χ0) is 30.2. The van der Waals surface area contributed by atoms with Crippen molar-refractivity contribution >= 4 is 51.9 Å². The highest BCUT2D eigenvalue weighted by molar-refractivity contribution is 6.34. The molecule has 10 nitrogen and oxygen atoms in total. The lowest BCUT2D eigenvalue weighted by Gasteiger charge is -2.41. The number of hydrogen-bond acceptors (Lipinski definition) is 8. The number of nitrogens with zero attached hydrogens (tertiary/aromatic N) is 4. The van der Waals surface area contributed by atoms with Crippen LogP contribution in [0.5, 0.6) is 5.88 Å². The number of pyridine rings is 2. The second kappa shape index (κ2) is 12.0. The molecule has 3 aromatic rings. The monoisotopic (exact) mass is 616 g/mol. The predicted molar refractivity (Wildman–Crippen MR) is 161 cm³/mol. The molecule has 224 valence electrons. The van der Waals surface area contributed by atoms with Crippen LogP contribution in [0.4, 0.5) is 10.5 Å². The summed E-state index contributed by atoms with van der Waals surface area (Å²) in [5, 5.41) is 1.13. The summed E-state index contributed by atoms with van der Waals surface area (Å²) in [6, 6.07) is 6.79. The van der Waals surface area contributed by atoms with E-state index < -0.39 is 23.1 Å². The Hall–Kier alpha value is -3.50. The average Bonchev–Trinajstić information content (AvgIpc) is 3.36. The fourth-order valence-corrected chi connectivity index (χ4v) is 5.77. The summed E-state index contributed by atoms with van der Waals surface area (Å²) < 4.78 is 18.5. The Morgan fingerprint density at radius 1 is 1.14 bits per heavy atom. The van der Waals surface area contributed by atoms with Crippen molar-refractivity contribution in [3.05, 3.63) is 62.5 Å². The van der Waals surface area contributed by atoms with Crippen molar-refractivity contribution < 1.29 is 23.8 Å². The lowest BCUT2D eigenvalue weighted by molar-refractivity contribution is 0.00140. The first kappa shape index (κ1) is 30.0. The average molecular weight is 618 g/mol. The Balaban J connectivity index is 1.49. The molecule has 42 heavy (non-hydrogen) atoms. The molecule has 4 heterocycles. The van der Waals surface area contributed by atoms with E-state index in [0.717, 1.165) is 25.1 Å². The van der Waals surface area contributed by atoms with Crippen molar-refractivity contribution in [2.75, 3.05) is 37.7 Å². The van der Waals surface area contributed by atoms with E-state index in [-0.39, 0.29) is 24.3 Å². The molecule has 2 aromatic heterocycles. The maximum absolute atomic E-state index is 13.5. The number of likely N-dealkylation sites (tertiary alicyclic amines) is 1. The second-order valence-electron chi connectivity index (χ2n) is 11.5. The van der Waals surface area contributed by atoms with Crippen LogP contribution in [0.3, 0.4) is 0 Å². The topological polar surface area (TPSA) is 103 Å². The minimum absolute atomic E-state index is 0.00311. The van der Waals surface area contributed by atoms with Crippen LogP contribution in [0.1, 0.15) is 56.9 Å². The fraction of sp³-hybridized carbons (Fsp3) is 0.467. The van der Waals surface area contributed by atoms with E-state index in [9.17, 15) is 14.4 Å². The lowest BCUT2D eigenvalue weighted by Crippen LogP contribution is -2.52. The first-order valence-electron chi connectivity index (χ1n) is 14.0. The van der Waals surface area contributed by atoms with Gasteiger partial charge in [0.05, 0.1) is 34.9 Å². The molecule has 2 saturated heterocycles. The van der Waals surface area contributed by atoms with Crippen molar-refractivity contribution in [2.45, 2.75) is 58.2 Å². The molecular weight excluding hydrogens is 583 g/mol. The quantitative estimate of drug-likeness (QED) is 0.311. The third-order valence-corrected chi connectivity index (χ3v) is 7.92. The first-order valence-corrected chi connectivity index (χ1v) is 14.8. The molecule has 1 aromatic carbocycles. The molecule has 0 unspecified atom stereocenters. The number of fused-ring (bicyclic) bond motifs is 1. The fourth-order valence-electron chi connectivity index (χ4n) is 5.32. The number of carbonyl (C=O) groups excluding carboxylic acids is 2. The van der Waals surface area contributed by atoms with Crippen LogP contribution < -0.4 is 15.1 Å². The normalized spacial score (nSPS) is 17.3. The molecular formula is C30H34Cl2N4O6. The summed E-state index contributed by atoms with van der Waals surface area (Å²) in [6.45, 7) is 9.08. The van der Waals surface area contributed by atoms with E-state index in [1.807, 2.05) is 31.4 Å². The predicted octanol–water partition coefficient (Wildman–Crippen LogP) is 5.72. The largest absolute Gasteiger partial charge is 0.474 e. The molecule has 2 aliphatic rings. The Labute approximate surface area is 254 Å². The molecule has 0 spiro atoms. The summed E-state index contributed by atoms with van der Waals surface area (Å²) in [5.41, 5.74) is 0.210. The van der Waals surface area contributed by atoms with Crippen molar-refractivity contribution in [3.63, 3.8) is 0 Å². The van der Waals surface area contributed by atoms with Crippen LogP contribution in [0.15, 0.2) is 41.5 Å². The number of aromatic nitrogens is 2. The molecule has 1 amide bonds. The summed E-state index contributed by atoms with van der Waals surface area (Å²) in [7, 11) is 0. The standard InChI is InChI=1S/C30H34Cl2N4O6/c1-5-40-28(38)21-16-36(19-14-34(15-19)29(39)42-30(2,3)4)24-13-25(23(32)12-20(24)26(21)37)35-11-7-8-18(35)17-41-27-22(31)9-6-10-33-27/h6,9-10,12-13,16,18-19H,5,7-8,11,14-15,17H2,1-4H3/t18-/m1/s1. The molecule has 0 radical (unpaired) electrons. The van der Waals surface area contributed by atoms with Gasteiger partial charge in [0.1, 0.15) is 22.8 Å². The van der Waals surface area contributed by atoms with Gasteiger partial charge in [0.25, 0.3) is 0 Å². The van der Waals surface area contributed by atoms with Crippen LogP contribution in [0.25, 0.3) is 10.9 Å². The number of rotatable bonds is 7. The van der Waals surface area contributed by atoms with Gasteiger partial charge in [0.2, 0.25) is 11.3 Å². The summed E-state index contributed by atoms with van der Waals surface area (Å²) in [5.74, 6) is -0.331. The number of benzene rings is 1. The van der Waals surface area contributed by atoms with Gasteiger partial charge in [-0.2, -0.15) is 0 Å². The minimum Gasteiger partial charge on any atom is -0.474 e. The van der Waals surface area contributed by atoms with Crippen LogP contribution in [-0.4, -0.2) is 71.0 Å². The van der Waals surface area contributed by atoms with E-state index in [1.165, 1.54) is 6.20 Å². The number of anilines is 1. The Morgan fingerprint density at radius 3 is 2.60 bits per heavy atom. The molecule has 12 heteroatoms. The van der Waals surface area contributed by atoms with Crippen molar-refractivity contribution in [1.29, 1.82) is 0 Å². The summed E-state index contributed by atoms with van der Waals surface area (Å²) in [4.78, 5) is 46.8. The van der Waals surface area contributed by atoms with Crippen LogP contribution in [-0.2, 0) is 9.47 Å². The number of amides is 1. The Kier molecular flexibility index (Phi) is 8.57. The number of carbonyl (C=O) groups is 2. The van der Waals surface area contributed by atoms with Crippen LogP contribution in [0.2, 0.25) is 10.0 Å². The van der Waals surface area contributed by atoms with Crippen molar-refractivity contribution in [3.8, 4) is 5.88 Å². The second-order valence-corrected chi connectivity index (χ2v) is 12.3. The molecule has 2 fully saturated rings. The van der Waals surface area contributed by atoms with Crippen molar-refractivity contribution in [2.24, 2.45) is 0 Å². The SMILES string of the molecule is CCOC(=O)c1cn(C2CN(C(=O)OC(C)(C)C)C2)c2cc(N3CCC[C@@H]3COc3ncccc3Cl)c(Cl)cc2c1=O. The molecule has 0 bridgehead atoms. The zero-order valence-corrected chi connectivity index (χ0v) is 25.6. The Morgan fingerprint density at radius 2 is 1.90 bits per heavy atom. The highest BCUT2D eigenvalue weighted by atomic mass is 35.5. The van der Waals surface area contributed by atoms with Gasteiger partial charge in [-0.3, -0.25) is 4.79 Å². The number of halogens is 2. The third kappa shape index (κ3) is 6.15. The molecule has 5 rings (SSSR count).